The number of para-hydroxylation sites is 1. The van der Waals surface area contributed by atoms with Crippen molar-refractivity contribution in [1.82, 2.24) is 10.2 Å². The summed E-state index contributed by atoms with van der Waals surface area (Å²) >= 11 is 0. The van der Waals surface area contributed by atoms with Gasteiger partial charge < -0.3 is 20.3 Å². The van der Waals surface area contributed by atoms with E-state index in [1.165, 1.54) is 0 Å². The number of ether oxygens (including phenoxy) is 1. The van der Waals surface area contributed by atoms with Gasteiger partial charge >= 0.3 is 0 Å². The van der Waals surface area contributed by atoms with E-state index in [4.69, 9.17) is 4.74 Å². The Labute approximate surface area is 124 Å². The van der Waals surface area contributed by atoms with Crippen LogP contribution in [0.25, 0.3) is 0 Å². The highest BCUT2D eigenvalue weighted by Crippen LogP contribution is 2.04. The standard InChI is InChI=1S/C15H21N3O3/c19-14(17-13-4-2-1-3-5-13)12-16-7-6-15(20)18-8-10-21-11-9-18/h1-5,16H,6-12H2,(H,17,19). The summed E-state index contributed by atoms with van der Waals surface area (Å²) in [6.45, 7) is 3.24. The van der Waals surface area contributed by atoms with E-state index in [-0.39, 0.29) is 18.4 Å². The molecule has 2 amide bonds. The minimum Gasteiger partial charge on any atom is -0.378 e. The summed E-state index contributed by atoms with van der Waals surface area (Å²) < 4.78 is 5.20. The molecule has 0 spiro atoms. The molecule has 2 N–H and O–H groups in total. The third-order valence-corrected chi connectivity index (χ3v) is 3.22. The number of hydrogen-bond acceptors (Lipinski definition) is 4. The SMILES string of the molecule is O=C(CNCCC(=O)N1CCOCC1)Nc1ccccc1. The van der Waals surface area contributed by atoms with E-state index in [2.05, 4.69) is 10.6 Å². The van der Waals surface area contributed by atoms with Crippen LogP contribution in [0.1, 0.15) is 6.42 Å². The normalized spacial score (nSPS) is 14.8. The first-order valence-corrected chi connectivity index (χ1v) is 7.17. The maximum Gasteiger partial charge on any atom is 0.238 e. The number of rotatable bonds is 6. The fourth-order valence-corrected chi connectivity index (χ4v) is 2.09. The van der Waals surface area contributed by atoms with Crippen molar-refractivity contribution < 1.29 is 14.3 Å². The monoisotopic (exact) mass is 291 g/mol. The minimum atomic E-state index is -0.111. The number of morpholine rings is 1. The number of carbonyl (C=O) groups excluding carboxylic acids is 2. The van der Waals surface area contributed by atoms with Gasteiger partial charge in [0.05, 0.1) is 19.8 Å². The van der Waals surface area contributed by atoms with Gasteiger partial charge in [-0.1, -0.05) is 18.2 Å². The maximum atomic E-state index is 11.9. The molecule has 1 aromatic rings. The summed E-state index contributed by atoms with van der Waals surface area (Å²) in [5, 5.41) is 5.76. The fourth-order valence-electron chi connectivity index (χ4n) is 2.09. The number of hydrogen-bond donors (Lipinski definition) is 2. The molecule has 0 aromatic heterocycles. The van der Waals surface area contributed by atoms with Gasteiger partial charge in [-0.15, -0.1) is 0 Å². The van der Waals surface area contributed by atoms with Crippen LogP contribution in [0.5, 0.6) is 0 Å². The highest BCUT2D eigenvalue weighted by molar-refractivity contribution is 5.92. The Morgan fingerprint density at radius 3 is 2.57 bits per heavy atom. The fraction of sp³-hybridized carbons (Fsp3) is 0.467. The lowest BCUT2D eigenvalue weighted by molar-refractivity contribution is -0.135. The van der Waals surface area contributed by atoms with Gasteiger partial charge in [-0.2, -0.15) is 0 Å². The molecule has 0 saturated carbocycles. The summed E-state index contributed by atoms with van der Waals surface area (Å²) in [5.74, 6) is -0.00529. The van der Waals surface area contributed by atoms with E-state index in [1.807, 2.05) is 30.3 Å². The van der Waals surface area contributed by atoms with Gasteiger partial charge in [-0.3, -0.25) is 9.59 Å². The van der Waals surface area contributed by atoms with Gasteiger partial charge in [0.15, 0.2) is 0 Å². The molecule has 1 aliphatic rings. The molecule has 1 heterocycles. The molecule has 0 atom stereocenters. The van der Waals surface area contributed by atoms with Gasteiger partial charge in [-0.05, 0) is 12.1 Å². The Kier molecular flexibility index (Phi) is 6.18. The summed E-state index contributed by atoms with van der Waals surface area (Å²) in [4.78, 5) is 25.3. The molecule has 1 fully saturated rings. The predicted octanol–water partition coefficient (Wildman–Crippen LogP) is 0.464. The lowest BCUT2D eigenvalue weighted by Crippen LogP contribution is -2.42. The summed E-state index contributed by atoms with van der Waals surface area (Å²) in [5.41, 5.74) is 0.772. The van der Waals surface area contributed by atoms with Crippen LogP contribution in [-0.4, -0.2) is 56.1 Å². The van der Waals surface area contributed by atoms with E-state index >= 15 is 0 Å². The Balaban J connectivity index is 1.58. The van der Waals surface area contributed by atoms with Crippen molar-refractivity contribution in [3.05, 3.63) is 30.3 Å². The third-order valence-electron chi connectivity index (χ3n) is 3.22. The van der Waals surface area contributed by atoms with Gasteiger partial charge in [0.25, 0.3) is 0 Å². The topological polar surface area (TPSA) is 70.7 Å². The molecule has 1 aromatic carbocycles. The van der Waals surface area contributed by atoms with E-state index in [1.54, 1.807) is 4.90 Å². The Morgan fingerprint density at radius 2 is 1.86 bits per heavy atom. The van der Waals surface area contributed by atoms with Crippen LogP contribution in [0.15, 0.2) is 30.3 Å². The van der Waals surface area contributed by atoms with Crippen LogP contribution in [0.2, 0.25) is 0 Å². The minimum absolute atomic E-state index is 0.106. The molecule has 6 heteroatoms. The van der Waals surface area contributed by atoms with Gasteiger partial charge in [0.2, 0.25) is 11.8 Å². The number of carbonyl (C=O) groups is 2. The quantitative estimate of drug-likeness (QED) is 0.747. The molecule has 2 rings (SSSR count). The van der Waals surface area contributed by atoms with Crippen molar-refractivity contribution in [2.75, 3.05) is 44.7 Å². The predicted molar refractivity (Wildman–Crippen MR) is 80.0 cm³/mol. The molecule has 0 radical (unpaired) electrons. The number of anilines is 1. The molecule has 0 bridgehead atoms. The van der Waals surface area contributed by atoms with E-state index in [0.717, 1.165) is 5.69 Å². The zero-order valence-corrected chi connectivity index (χ0v) is 12.0. The third kappa shape index (κ3) is 5.53. The van der Waals surface area contributed by atoms with Crippen molar-refractivity contribution >= 4 is 17.5 Å². The van der Waals surface area contributed by atoms with Crippen LogP contribution in [0, 0.1) is 0 Å². The summed E-state index contributed by atoms with van der Waals surface area (Å²) in [6, 6.07) is 9.29. The number of nitrogens with zero attached hydrogens (tertiary/aromatic N) is 1. The Bertz CT molecular complexity index is 458. The highest BCUT2D eigenvalue weighted by Gasteiger charge is 2.15. The average Bonchev–Trinajstić information content (AvgIpc) is 2.53. The van der Waals surface area contributed by atoms with Crippen molar-refractivity contribution in [1.29, 1.82) is 0 Å². The smallest absolute Gasteiger partial charge is 0.238 e. The zero-order chi connectivity index (χ0) is 14.9. The van der Waals surface area contributed by atoms with Crippen molar-refractivity contribution in [3.63, 3.8) is 0 Å². The first-order valence-electron chi connectivity index (χ1n) is 7.17. The lowest BCUT2D eigenvalue weighted by Gasteiger charge is -2.26. The second kappa shape index (κ2) is 8.39. The summed E-state index contributed by atoms with van der Waals surface area (Å²) in [7, 11) is 0. The van der Waals surface area contributed by atoms with Crippen LogP contribution in [0.4, 0.5) is 5.69 Å². The molecule has 1 saturated heterocycles. The average molecular weight is 291 g/mol. The largest absolute Gasteiger partial charge is 0.378 e. The van der Waals surface area contributed by atoms with Crippen molar-refractivity contribution in [2.45, 2.75) is 6.42 Å². The molecule has 1 aliphatic heterocycles. The second-order valence-corrected chi connectivity index (χ2v) is 4.83. The van der Waals surface area contributed by atoms with Crippen LogP contribution in [0.3, 0.4) is 0 Å². The molecule has 0 unspecified atom stereocenters. The molecule has 6 nitrogen and oxygen atoms in total. The molecule has 0 aliphatic carbocycles. The van der Waals surface area contributed by atoms with Crippen LogP contribution >= 0.6 is 0 Å². The lowest BCUT2D eigenvalue weighted by atomic mass is 10.3. The number of amides is 2. The van der Waals surface area contributed by atoms with Crippen LogP contribution < -0.4 is 10.6 Å². The molecular weight excluding hydrogens is 270 g/mol. The number of nitrogens with one attached hydrogen (secondary N) is 2. The molecule has 21 heavy (non-hydrogen) atoms. The molecule has 114 valence electrons. The van der Waals surface area contributed by atoms with E-state index < -0.39 is 0 Å². The van der Waals surface area contributed by atoms with Crippen molar-refractivity contribution in [3.8, 4) is 0 Å². The van der Waals surface area contributed by atoms with Crippen molar-refractivity contribution in [2.24, 2.45) is 0 Å². The van der Waals surface area contributed by atoms with Gasteiger partial charge in [0.1, 0.15) is 0 Å². The van der Waals surface area contributed by atoms with Gasteiger partial charge in [-0.25, -0.2) is 0 Å². The zero-order valence-electron chi connectivity index (χ0n) is 12.0. The molecular formula is C15H21N3O3. The van der Waals surface area contributed by atoms with Gasteiger partial charge in [0, 0.05) is 31.7 Å². The first kappa shape index (κ1) is 15.5. The Hall–Kier alpha value is -1.92. The van der Waals surface area contributed by atoms with Crippen LogP contribution in [-0.2, 0) is 14.3 Å². The summed E-state index contributed by atoms with van der Waals surface area (Å²) in [6.07, 6.45) is 0.401. The second-order valence-electron chi connectivity index (χ2n) is 4.83. The highest BCUT2D eigenvalue weighted by atomic mass is 16.5. The number of benzene rings is 1. The van der Waals surface area contributed by atoms with E-state index in [0.29, 0.717) is 39.3 Å². The Morgan fingerprint density at radius 1 is 1.14 bits per heavy atom. The first-order chi connectivity index (χ1) is 10.3. The maximum absolute atomic E-state index is 11.9. The van der Waals surface area contributed by atoms with E-state index in [9.17, 15) is 9.59 Å².